The Morgan fingerprint density at radius 2 is 1.53 bits per heavy atom. The van der Waals surface area contributed by atoms with Crippen LogP contribution in [0, 0.1) is 12.7 Å². The number of halogens is 1. The van der Waals surface area contributed by atoms with Gasteiger partial charge in [0.25, 0.3) is 0 Å². The molecule has 1 aromatic heterocycles. The average molecular weight is 404 g/mol. The van der Waals surface area contributed by atoms with E-state index in [1.54, 1.807) is 0 Å². The molecule has 0 atom stereocenters. The van der Waals surface area contributed by atoms with Gasteiger partial charge >= 0.3 is 0 Å². The van der Waals surface area contributed by atoms with Crippen molar-refractivity contribution in [2.45, 2.75) is 47.1 Å². The Bertz CT molecular complexity index is 1100. The third-order valence-corrected chi connectivity index (χ3v) is 5.11. The maximum atomic E-state index is 13.5. The maximum absolute atomic E-state index is 13.5. The fourth-order valence-electron chi connectivity index (χ4n) is 3.92. The molecule has 1 heterocycles. The van der Waals surface area contributed by atoms with Crippen molar-refractivity contribution in [3.05, 3.63) is 95.4 Å². The Morgan fingerprint density at radius 3 is 2.17 bits per heavy atom. The summed E-state index contributed by atoms with van der Waals surface area (Å²) >= 11 is 0. The van der Waals surface area contributed by atoms with Gasteiger partial charge in [-0.1, -0.05) is 64.1 Å². The molecule has 156 valence electrons. The van der Waals surface area contributed by atoms with Gasteiger partial charge in [0.1, 0.15) is 18.2 Å². The lowest BCUT2D eigenvalue weighted by Crippen LogP contribution is -2.03. The molecule has 0 aliphatic heterocycles. The van der Waals surface area contributed by atoms with Crippen LogP contribution in [0.15, 0.2) is 72.8 Å². The van der Waals surface area contributed by atoms with E-state index in [2.05, 4.69) is 43.5 Å². The Morgan fingerprint density at radius 1 is 0.867 bits per heavy atom. The van der Waals surface area contributed by atoms with Gasteiger partial charge in [-0.2, -0.15) is 0 Å². The number of rotatable bonds is 5. The number of aryl methyl sites for hydroxylation is 1. The van der Waals surface area contributed by atoms with Crippen LogP contribution in [-0.4, -0.2) is 4.57 Å². The summed E-state index contributed by atoms with van der Waals surface area (Å²) in [5.41, 5.74) is 5.61. The summed E-state index contributed by atoms with van der Waals surface area (Å²) in [5, 5.41) is 1.12. The van der Waals surface area contributed by atoms with E-state index in [1.165, 1.54) is 23.4 Å². The molecule has 0 N–H and O–H groups in total. The van der Waals surface area contributed by atoms with Crippen LogP contribution in [0.2, 0.25) is 0 Å². The zero-order valence-corrected chi connectivity index (χ0v) is 18.4. The van der Waals surface area contributed by atoms with Crippen LogP contribution in [0.1, 0.15) is 50.4 Å². The molecule has 3 aromatic carbocycles. The SMILES string of the molecule is CC.Cc1c(C(C)C)n(-c2ccc(F)cc2)c2cccc(OCc3ccccc3)c12. The number of aromatic nitrogens is 1. The summed E-state index contributed by atoms with van der Waals surface area (Å²) in [6.07, 6.45) is 0. The Labute approximate surface area is 178 Å². The van der Waals surface area contributed by atoms with Gasteiger partial charge in [-0.3, -0.25) is 0 Å². The highest BCUT2D eigenvalue weighted by atomic mass is 19.1. The van der Waals surface area contributed by atoms with Gasteiger partial charge in [-0.05, 0) is 60.4 Å². The largest absolute Gasteiger partial charge is 0.488 e. The molecule has 0 aliphatic carbocycles. The standard InChI is InChI=1S/C25H24FNO.C2H6/c1-17(2)25-18(3)24-22(27(25)21-14-12-20(26)13-15-21)10-7-11-23(24)28-16-19-8-5-4-6-9-19;1-2/h4-15,17H,16H2,1-3H3;1-2H3. The molecule has 3 heteroatoms. The fraction of sp³-hybridized carbons (Fsp3) is 0.259. The highest BCUT2D eigenvalue weighted by Crippen LogP contribution is 2.38. The minimum Gasteiger partial charge on any atom is -0.488 e. The monoisotopic (exact) mass is 403 g/mol. The Kier molecular flexibility index (Phi) is 6.94. The number of ether oxygens (including phenoxy) is 1. The first kappa shape index (κ1) is 21.6. The molecule has 0 unspecified atom stereocenters. The summed E-state index contributed by atoms with van der Waals surface area (Å²) < 4.78 is 21.9. The zero-order valence-electron chi connectivity index (χ0n) is 18.4. The minimum atomic E-state index is -0.227. The molecule has 0 fully saturated rings. The van der Waals surface area contributed by atoms with Crippen molar-refractivity contribution < 1.29 is 9.13 Å². The Balaban J connectivity index is 0.00000124. The van der Waals surface area contributed by atoms with E-state index >= 15 is 0 Å². The highest BCUT2D eigenvalue weighted by Gasteiger charge is 2.20. The smallest absolute Gasteiger partial charge is 0.129 e. The van der Waals surface area contributed by atoms with E-state index in [9.17, 15) is 4.39 Å². The van der Waals surface area contributed by atoms with E-state index in [0.717, 1.165) is 27.9 Å². The minimum absolute atomic E-state index is 0.227. The van der Waals surface area contributed by atoms with Gasteiger partial charge < -0.3 is 9.30 Å². The number of fused-ring (bicyclic) bond motifs is 1. The van der Waals surface area contributed by atoms with Crippen molar-refractivity contribution in [2.24, 2.45) is 0 Å². The second kappa shape index (κ2) is 9.62. The third-order valence-electron chi connectivity index (χ3n) is 5.11. The molecular formula is C27H30FNO. The van der Waals surface area contributed by atoms with Gasteiger partial charge in [0, 0.05) is 16.8 Å². The van der Waals surface area contributed by atoms with Crippen LogP contribution in [0.4, 0.5) is 4.39 Å². The fourth-order valence-corrected chi connectivity index (χ4v) is 3.92. The van der Waals surface area contributed by atoms with Crippen molar-refractivity contribution in [3.63, 3.8) is 0 Å². The zero-order chi connectivity index (χ0) is 21.7. The van der Waals surface area contributed by atoms with Crippen LogP contribution >= 0.6 is 0 Å². The second-order valence-electron chi connectivity index (χ2n) is 7.40. The first-order chi connectivity index (χ1) is 14.6. The maximum Gasteiger partial charge on any atom is 0.129 e. The van der Waals surface area contributed by atoms with Gasteiger partial charge in [-0.15, -0.1) is 0 Å². The predicted octanol–water partition coefficient (Wildman–Crippen LogP) is 7.81. The van der Waals surface area contributed by atoms with Crippen molar-refractivity contribution >= 4 is 10.9 Å². The molecule has 0 aliphatic rings. The van der Waals surface area contributed by atoms with Crippen LogP contribution < -0.4 is 4.74 Å². The molecule has 4 rings (SSSR count). The second-order valence-corrected chi connectivity index (χ2v) is 7.40. The van der Waals surface area contributed by atoms with Gasteiger partial charge in [-0.25, -0.2) is 4.39 Å². The molecule has 2 nitrogen and oxygen atoms in total. The topological polar surface area (TPSA) is 14.2 Å². The summed E-state index contributed by atoms with van der Waals surface area (Å²) in [4.78, 5) is 0. The van der Waals surface area contributed by atoms with Crippen LogP contribution in [0.5, 0.6) is 5.75 Å². The van der Waals surface area contributed by atoms with E-state index in [0.29, 0.717) is 12.5 Å². The lowest BCUT2D eigenvalue weighted by Gasteiger charge is -2.14. The van der Waals surface area contributed by atoms with Crippen LogP contribution in [-0.2, 0) is 6.61 Å². The molecular weight excluding hydrogens is 373 g/mol. The third kappa shape index (κ3) is 4.25. The average Bonchev–Trinajstić information content (AvgIpc) is 3.08. The molecule has 0 radical (unpaired) electrons. The molecule has 0 spiro atoms. The van der Waals surface area contributed by atoms with Crippen molar-refractivity contribution in [1.82, 2.24) is 4.57 Å². The lowest BCUT2D eigenvalue weighted by molar-refractivity contribution is 0.310. The summed E-state index contributed by atoms with van der Waals surface area (Å²) in [6.45, 7) is 11.0. The van der Waals surface area contributed by atoms with Gasteiger partial charge in [0.15, 0.2) is 0 Å². The number of hydrogen-bond donors (Lipinski definition) is 0. The van der Waals surface area contributed by atoms with Crippen molar-refractivity contribution in [3.8, 4) is 11.4 Å². The molecule has 0 saturated heterocycles. The molecule has 4 aromatic rings. The first-order valence-electron chi connectivity index (χ1n) is 10.6. The summed E-state index contributed by atoms with van der Waals surface area (Å²) in [5.74, 6) is 0.968. The molecule has 30 heavy (non-hydrogen) atoms. The number of benzene rings is 3. The molecule has 0 amide bonds. The lowest BCUT2D eigenvalue weighted by atomic mass is 10.0. The normalized spacial score (nSPS) is 10.8. The highest BCUT2D eigenvalue weighted by molar-refractivity contribution is 5.92. The van der Waals surface area contributed by atoms with Gasteiger partial charge in [0.2, 0.25) is 0 Å². The van der Waals surface area contributed by atoms with Crippen LogP contribution in [0.3, 0.4) is 0 Å². The van der Waals surface area contributed by atoms with E-state index in [-0.39, 0.29) is 5.82 Å². The van der Waals surface area contributed by atoms with E-state index < -0.39 is 0 Å². The van der Waals surface area contributed by atoms with Gasteiger partial charge in [0.05, 0.1) is 5.52 Å². The van der Waals surface area contributed by atoms with Crippen LogP contribution in [0.25, 0.3) is 16.6 Å². The number of hydrogen-bond acceptors (Lipinski definition) is 1. The first-order valence-corrected chi connectivity index (χ1v) is 10.6. The van der Waals surface area contributed by atoms with Crippen molar-refractivity contribution in [2.75, 3.05) is 0 Å². The predicted molar refractivity (Wildman–Crippen MR) is 124 cm³/mol. The van der Waals surface area contributed by atoms with Crippen molar-refractivity contribution in [1.29, 1.82) is 0 Å². The van der Waals surface area contributed by atoms with E-state index in [4.69, 9.17) is 4.74 Å². The summed E-state index contributed by atoms with van der Waals surface area (Å²) in [6, 6.07) is 23.0. The quantitative estimate of drug-likeness (QED) is 0.331. The number of nitrogens with zero attached hydrogens (tertiary/aromatic N) is 1. The molecule has 0 bridgehead atoms. The van der Waals surface area contributed by atoms with E-state index in [1.807, 2.05) is 56.3 Å². The summed E-state index contributed by atoms with van der Waals surface area (Å²) in [7, 11) is 0. The molecule has 0 saturated carbocycles. The Hall–Kier alpha value is -3.07.